The van der Waals surface area contributed by atoms with E-state index >= 15 is 0 Å². The normalized spacial score (nSPS) is 16.0. The Morgan fingerprint density at radius 1 is 0.932 bits per heavy atom. The average molecular weight is 624 g/mol. The zero-order valence-electron chi connectivity index (χ0n) is 23.5. The number of amides is 1. The number of hydrogen-bond acceptors (Lipinski definition) is 8. The van der Waals surface area contributed by atoms with Crippen LogP contribution in [0.4, 0.5) is 9.52 Å². The SMILES string of the molecule is Cc1ccc(C(O)=C2C(=O)C(=O)N(c3nnc(SCc4ccc(F)cc4)s3)C2c2cccc(OCc3ccccc3)c2)cc1. The van der Waals surface area contributed by atoms with Crippen molar-refractivity contribution in [1.82, 2.24) is 10.2 Å². The van der Waals surface area contributed by atoms with Crippen molar-refractivity contribution in [2.75, 3.05) is 4.90 Å². The Morgan fingerprint density at radius 2 is 1.68 bits per heavy atom. The number of ether oxygens (including phenoxy) is 1. The van der Waals surface area contributed by atoms with Crippen LogP contribution in [0.3, 0.4) is 0 Å². The molecule has 0 radical (unpaired) electrons. The highest BCUT2D eigenvalue weighted by Crippen LogP contribution is 2.44. The Bertz CT molecular complexity index is 1840. The highest BCUT2D eigenvalue weighted by molar-refractivity contribution is 8.00. The van der Waals surface area contributed by atoms with Gasteiger partial charge in [0.15, 0.2) is 4.34 Å². The summed E-state index contributed by atoms with van der Waals surface area (Å²) in [5, 5.41) is 20.2. The maximum Gasteiger partial charge on any atom is 0.301 e. The minimum absolute atomic E-state index is 0.0465. The zero-order valence-corrected chi connectivity index (χ0v) is 25.1. The van der Waals surface area contributed by atoms with Gasteiger partial charge >= 0.3 is 5.91 Å². The zero-order chi connectivity index (χ0) is 30.6. The van der Waals surface area contributed by atoms with Crippen molar-refractivity contribution in [3.8, 4) is 5.75 Å². The molecule has 4 aromatic carbocycles. The summed E-state index contributed by atoms with van der Waals surface area (Å²) in [4.78, 5) is 28.5. The fraction of sp³-hybridized carbons (Fsp3) is 0.118. The molecule has 2 heterocycles. The van der Waals surface area contributed by atoms with Crippen LogP contribution in [-0.2, 0) is 21.9 Å². The molecule has 0 bridgehead atoms. The maximum atomic E-state index is 13.6. The van der Waals surface area contributed by atoms with Gasteiger partial charge in [-0.1, -0.05) is 108 Å². The molecule has 0 spiro atoms. The fourth-order valence-corrected chi connectivity index (χ4v) is 6.63. The van der Waals surface area contributed by atoms with Gasteiger partial charge in [-0.15, -0.1) is 10.2 Å². The number of thioether (sulfide) groups is 1. The van der Waals surface area contributed by atoms with Gasteiger partial charge in [0, 0.05) is 11.3 Å². The molecule has 1 aromatic heterocycles. The lowest BCUT2D eigenvalue weighted by Gasteiger charge is -2.23. The van der Waals surface area contributed by atoms with E-state index in [9.17, 15) is 19.1 Å². The number of halogens is 1. The summed E-state index contributed by atoms with van der Waals surface area (Å²) in [6.07, 6.45) is 0. The molecule has 7 nitrogen and oxygen atoms in total. The smallest absolute Gasteiger partial charge is 0.301 e. The van der Waals surface area contributed by atoms with Crippen LogP contribution < -0.4 is 9.64 Å². The second kappa shape index (κ2) is 12.8. The molecule has 1 unspecified atom stereocenters. The van der Waals surface area contributed by atoms with Crippen molar-refractivity contribution in [3.05, 3.63) is 142 Å². The molecule has 1 atom stereocenters. The van der Waals surface area contributed by atoms with Crippen LogP contribution in [0.15, 0.2) is 113 Å². The van der Waals surface area contributed by atoms with Crippen LogP contribution in [0.1, 0.15) is 33.9 Å². The van der Waals surface area contributed by atoms with Crippen LogP contribution >= 0.6 is 23.1 Å². The van der Waals surface area contributed by atoms with Crippen molar-refractivity contribution in [2.24, 2.45) is 0 Å². The molecule has 0 saturated carbocycles. The number of anilines is 1. The largest absolute Gasteiger partial charge is 0.507 e. The molecular formula is C34H26FN3O4S2. The van der Waals surface area contributed by atoms with Gasteiger partial charge in [0.25, 0.3) is 5.78 Å². The lowest BCUT2D eigenvalue weighted by molar-refractivity contribution is -0.132. The summed E-state index contributed by atoms with van der Waals surface area (Å²) < 4.78 is 19.9. The molecule has 6 rings (SSSR count). The summed E-state index contributed by atoms with van der Waals surface area (Å²) in [5.41, 5.74) is 3.82. The Hall–Kier alpha value is -4.80. The number of carbonyl (C=O) groups excluding carboxylic acids is 2. The molecule has 1 amide bonds. The second-order valence-corrected chi connectivity index (χ2v) is 12.3. The third-order valence-electron chi connectivity index (χ3n) is 7.07. The fourth-order valence-electron chi connectivity index (χ4n) is 4.81. The van der Waals surface area contributed by atoms with Crippen LogP contribution in [-0.4, -0.2) is 27.0 Å². The second-order valence-electron chi connectivity index (χ2n) is 10.1. The van der Waals surface area contributed by atoms with Crippen molar-refractivity contribution in [2.45, 2.75) is 29.7 Å². The molecule has 1 aliphatic rings. The molecule has 44 heavy (non-hydrogen) atoms. The minimum atomic E-state index is -0.973. The topological polar surface area (TPSA) is 92.6 Å². The van der Waals surface area contributed by atoms with E-state index in [1.165, 1.54) is 28.8 Å². The monoisotopic (exact) mass is 623 g/mol. The molecular weight excluding hydrogens is 598 g/mol. The first-order chi connectivity index (χ1) is 21.4. The van der Waals surface area contributed by atoms with Crippen molar-refractivity contribution >= 4 is 45.7 Å². The van der Waals surface area contributed by atoms with Crippen LogP contribution in [0.5, 0.6) is 5.75 Å². The number of aryl methyl sites for hydroxylation is 1. The van der Waals surface area contributed by atoms with E-state index in [2.05, 4.69) is 10.2 Å². The van der Waals surface area contributed by atoms with Gasteiger partial charge in [-0.25, -0.2) is 4.39 Å². The van der Waals surface area contributed by atoms with E-state index in [1.807, 2.05) is 49.4 Å². The van der Waals surface area contributed by atoms with Crippen molar-refractivity contribution in [1.29, 1.82) is 0 Å². The van der Waals surface area contributed by atoms with Crippen LogP contribution in [0, 0.1) is 12.7 Å². The lowest BCUT2D eigenvalue weighted by atomic mass is 9.95. The number of hydrogen-bond donors (Lipinski definition) is 1. The first kappa shape index (κ1) is 29.3. The van der Waals surface area contributed by atoms with Gasteiger partial charge in [-0.05, 0) is 47.9 Å². The van der Waals surface area contributed by atoms with E-state index < -0.39 is 17.7 Å². The maximum absolute atomic E-state index is 13.6. The number of rotatable bonds is 9. The Morgan fingerprint density at radius 3 is 2.43 bits per heavy atom. The summed E-state index contributed by atoms with van der Waals surface area (Å²) in [5.74, 6) is -1.16. The first-order valence-corrected chi connectivity index (χ1v) is 15.5. The number of aliphatic hydroxyl groups is 1. The number of benzene rings is 4. The molecule has 10 heteroatoms. The molecule has 1 aliphatic heterocycles. The summed E-state index contributed by atoms with van der Waals surface area (Å²) in [7, 11) is 0. The van der Waals surface area contributed by atoms with E-state index in [-0.39, 0.29) is 22.3 Å². The molecule has 1 N–H and O–H groups in total. The van der Waals surface area contributed by atoms with E-state index in [0.717, 1.165) is 28.0 Å². The Kier molecular flexibility index (Phi) is 8.53. The minimum Gasteiger partial charge on any atom is -0.507 e. The van der Waals surface area contributed by atoms with Crippen molar-refractivity contribution < 1.29 is 23.8 Å². The lowest BCUT2D eigenvalue weighted by Crippen LogP contribution is -2.29. The van der Waals surface area contributed by atoms with E-state index in [1.54, 1.807) is 48.5 Å². The summed E-state index contributed by atoms with van der Waals surface area (Å²) in [6.45, 7) is 2.25. The van der Waals surface area contributed by atoms with E-state index in [4.69, 9.17) is 4.74 Å². The van der Waals surface area contributed by atoms with Crippen molar-refractivity contribution in [3.63, 3.8) is 0 Å². The molecule has 220 valence electrons. The van der Waals surface area contributed by atoms with Gasteiger partial charge in [-0.3, -0.25) is 14.5 Å². The Labute approximate surface area is 261 Å². The molecule has 5 aromatic rings. The predicted molar refractivity (Wildman–Crippen MR) is 169 cm³/mol. The van der Waals surface area contributed by atoms with Crippen LogP contribution in [0.2, 0.25) is 0 Å². The van der Waals surface area contributed by atoms with E-state index in [0.29, 0.717) is 33.6 Å². The van der Waals surface area contributed by atoms with Gasteiger partial charge in [0.05, 0.1) is 11.6 Å². The number of ketones is 1. The van der Waals surface area contributed by atoms with Gasteiger partial charge in [0.1, 0.15) is 23.9 Å². The predicted octanol–water partition coefficient (Wildman–Crippen LogP) is 7.48. The highest BCUT2D eigenvalue weighted by atomic mass is 32.2. The van der Waals surface area contributed by atoms with Gasteiger partial charge in [0.2, 0.25) is 5.13 Å². The third-order valence-corrected chi connectivity index (χ3v) is 9.20. The standard InChI is InChI=1S/C34H26FN3O4S2/c1-21-10-14-24(15-11-21)30(39)28-29(25-8-5-9-27(18-25)42-19-22-6-3-2-4-7-22)38(32(41)31(28)40)33-36-37-34(44-33)43-20-23-12-16-26(35)17-13-23/h2-18,29,39H,19-20H2,1H3. The number of carbonyl (C=O) groups is 2. The van der Waals surface area contributed by atoms with Gasteiger partial charge in [-0.2, -0.15) is 0 Å². The number of aromatic nitrogens is 2. The third kappa shape index (κ3) is 6.27. The number of aliphatic hydroxyl groups excluding tert-OH is 1. The summed E-state index contributed by atoms with van der Waals surface area (Å²) >= 11 is 2.55. The van der Waals surface area contributed by atoms with Crippen LogP contribution in [0.25, 0.3) is 5.76 Å². The number of Topliss-reactive ketones (excluding diaryl/α,β-unsaturated/α-hetero) is 1. The molecule has 1 fully saturated rings. The van der Waals surface area contributed by atoms with Gasteiger partial charge < -0.3 is 9.84 Å². The quantitative estimate of drug-likeness (QED) is 0.0598. The first-order valence-electron chi connectivity index (χ1n) is 13.7. The number of nitrogens with zero attached hydrogens (tertiary/aromatic N) is 3. The highest BCUT2D eigenvalue weighted by Gasteiger charge is 2.48. The Balaban J connectivity index is 1.36. The summed E-state index contributed by atoms with van der Waals surface area (Å²) in [6, 6.07) is 29.1. The average Bonchev–Trinajstić information content (AvgIpc) is 3.62. The molecule has 1 saturated heterocycles. The molecule has 0 aliphatic carbocycles.